The van der Waals surface area contributed by atoms with Gasteiger partial charge in [-0.25, -0.2) is 14.8 Å². The van der Waals surface area contributed by atoms with E-state index in [2.05, 4.69) is 14.7 Å². The van der Waals surface area contributed by atoms with E-state index in [1.165, 1.54) is 25.1 Å². The first-order valence-corrected chi connectivity index (χ1v) is 5.24. The molecule has 1 atom stereocenters. The van der Waals surface area contributed by atoms with Crippen LogP contribution in [-0.2, 0) is 4.74 Å². The number of hydrogen-bond acceptors (Lipinski definition) is 6. The normalized spacial score (nSPS) is 12.2. The van der Waals surface area contributed by atoms with Gasteiger partial charge < -0.3 is 9.84 Å². The van der Waals surface area contributed by atoms with Crippen LogP contribution in [0.15, 0.2) is 17.3 Å². The first-order chi connectivity index (χ1) is 7.17. The predicted octanol–water partition coefficient (Wildman–Crippen LogP) is 0.736. The molecule has 0 amide bonds. The lowest BCUT2D eigenvalue weighted by atomic mass is 10.5. The van der Waals surface area contributed by atoms with Crippen molar-refractivity contribution in [3.63, 3.8) is 0 Å². The number of carbonyl (C=O) groups excluding carboxylic acids is 1. The number of aromatic nitrogens is 2. The number of aliphatic hydroxyl groups is 1. The van der Waals surface area contributed by atoms with Crippen molar-refractivity contribution in [3.8, 4) is 0 Å². The average Bonchev–Trinajstić information content (AvgIpc) is 2.28. The van der Waals surface area contributed by atoms with Crippen molar-refractivity contribution in [1.29, 1.82) is 0 Å². The fraction of sp³-hybridized carbons (Fsp3) is 0.444. The molecule has 0 fully saturated rings. The summed E-state index contributed by atoms with van der Waals surface area (Å²) < 4.78 is 4.50. The zero-order valence-electron chi connectivity index (χ0n) is 8.51. The highest BCUT2D eigenvalue weighted by Crippen LogP contribution is 2.19. The van der Waals surface area contributed by atoms with Crippen LogP contribution in [0.3, 0.4) is 0 Å². The van der Waals surface area contributed by atoms with E-state index >= 15 is 0 Å². The Bertz CT molecular complexity index is 346. The predicted molar refractivity (Wildman–Crippen MR) is 55.8 cm³/mol. The standard InChI is InChI=1S/C9H12N2O3S/c1-6(5-12)15-7-3-4-10-8(11-7)9(13)14-2/h3-4,6,12H,5H2,1-2H3. The molecule has 0 radical (unpaired) electrons. The van der Waals surface area contributed by atoms with E-state index in [0.717, 1.165) is 0 Å². The number of thioether (sulfide) groups is 1. The molecule has 1 N–H and O–H groups in total. The summed E-state index contributed by atoms with van der Waals surface area (Å²) in [6.07, 6.45) is 1.49. The fourth-order valence-corrected chi connectivity index (χ4v) is 1.61. The summed E-state index contributed by atoms with van der Waals surface area (Å²) in [5.41, 5.74) is 0. The highest BCUT2D eigenvalue weighted by molar-refractivity contribution is 7.99. The molecular formula is C9H12N2O3S. The largest absolute Gasteiger partial charge is 0.463 e. The van der Waals surface area contributed by atoms with Crippen molar-refractivity contribution in [1.82, 2.24) is 9.97 Å². The van der Waals surface area contributed by atoms with Gasteiger partial charge in [-0.05, 0) is 6.07 Å². The Kier molecular flexibility index (Phi) is 4.51. The van der Waals surface area contributed by atoms with E-state index < -0.39 is 5.97 Å². The highest BCUT2D eigenvalue weighted by atomic mass is 32.2. The third-order valence-corrected chi connectivity index (χ3v) is 2.60. The molecule has 0 aliphatic rings. The van der Waals surface area contributed by atoms with Crippen LogP contribution in [0.25, 0.3) is 0 Å². The first-order valence-electron chi connectivity index (χ1n) is 4.36. The number of ether oxygens (including phenoxy) is 1. The Morgan fingerprint density at radius 2 is 2.47 bits per heavy atom. The second-order valence-corrected chi connectivity index (χ2v) is 4.28. The molecule has 0 bridgehead atoms. The van der Waals surface area contributed by atoms with E-state index in [9.17, 15) is 4.79 Å². The van der Waals surface area contributed by atoms with Crippen molar-refractivity contribution in [3.05, 3.63) is 18.1 Å². The summed E-state index contributed by atoms with van der Waals surface area (Å²) >= 11 is 1.38. The van der Waals surface area contributed by atoms with Crippen LogP contribution >= 0.6 is 11.8 Å². The van der Waals surface area contributed by atoms with Crippen molar-refractivity contribution in [2.75, 3.05) is 13.7 Å². The maximum atomic E-state index is 11.1. The molecule has 0 saturated carbocycles. The molecule has 0 saturated heterocycles. The minimum Gasteiger partial charge on any atom is -0.463 e. The van der Waals surface area contributed by atoms with Gasteiger partial charge in [0.1, 0.15) is 5.03 Å². The maximum absolute atomic E-state index is 11.1. The molecule has 1 aromatic heterocycles. The van der Waals surface area contributed by atoms with Crippen molar-refractivity contribution in [2.45, 2.75) is 17.2 Å². The summed E-state index contributed by atoms with van der Waals surface area (Å²) in [5.74, 6) is -0.526. The third kappa shape index (κ3) is 3.49. The lowest BCUT2D eigenvalue weighted by Gasteiger charge is -2.06. The molecular weight excluding hydrogens is 216 g/mol. The number of nitrogens with zero attached hydrogens (tertiary/aromatic N) is 2. The molecule has 15 heavy (non-hydrogen) atoms. The Labute approximate surface area is 91.9 Å². The molecule has 1 heterocycles. The number of rotatable bonds is 4. The van der Waals surface area contributed by atoms with Gasteiger partial charge in [-0.15, -0.1) is 11.8 Å². The highest BCUT2D eigenvalue weighted by Gasteiger charge is 2.11. The number of carbonyl (C=O) groups is 1. The number of esters is 1. The van der Waals surface area contributed by atoms with Gasteiger partial charge in [0.25, 0.3) is 0 Å². The number of hydrogen-bond donors (Lipinski definition) is 1. The summed E-state index contributed by atoms with van der Waals surface area (Å²) in [4.78, 5) is 18.9. The van der Waals surface area contributed by atoms with Crippen LogP contribution in [0, 0.1) is 0 Å². The monoisotopic (exact) mass is 228 g/mol. The number of methoxy groups -OCH3 is 1. The van der Waals surface area contributed by atoms with Crippen LogP contribution < -0.4 is 0 Å². The quantitative estimate of drug-likeness (QED) is 0.465. The third-order valence-electron chi connectivity index (χ3n) is 1.58. The minimum atomic E-state index is -0.561. The minimum absolute atomic E-state index is 0.0328. The second kappa shape index (κ2) is 5.67. The Balaban J connectivity index is 2.78. The molecule has 1 aromatic rings. The topological polar surface area (TPSA) is 72.3 Å². The molecule has 6 heteroatoms. The Hall–Kier alpha value is -1.14. The van der Waals surface area contributed by atoms with Crippen molar-refractivity contribution in [2.24, 2.45) is 0 Å². The van der Waals surface area contributed by atoms with Gasteiger partial charge in [-0.2, -0.15) is 0 Å². The van der Waals surface area contributed by atoms with Crippen LogP contribution in [0.4, 0.5) is 0 Å². The molecule has 0 aliphatic carbocycles. The summed E-state index contributed by atoms with van der Waals surface area (Å²) in [6, 6.07) is 1.68. The number of aliphatic hydroxyl groups excluding tert-OH is 1. The molecule has 1 rings (SSSR count). The SMILES string of the molecule is COC(=O)c1nccc(SC(C)CO)n1. The molecule has 1 unspecified atom stereocenters. The van der Waals surface area contributed by atoms with E-state index in [0.29, 0.717) is 5.03 Å². The maximum Gasteiger partial charge on any atom is 0.376 e. The van der Waals surface area contributed by atoms with Crippen LogP contribution in [0.2, 0.25) is 0 Å². The molecule has 0 aromatic carbocycles. The van der Waals surface area contributed by atoms with Crippen LogP contribution in [-0.4, -0.2) is 40.0 Å². The zero-order chi connectivity index (χ0) is 11.3. The van der Waals surface area contributed by atoms with Crippen molar-refractivity contribution < 1.29 is 14.6 Å². The Morgan fingerprint density at radius 3 is 3.07 bits per heavy atom. The van der Waals surface area contributed by atoms with Gasteiger partial charge in [-0.3, -0.25) is 0 Å². The van der Waals surface area contributed by atoms with Crippen LogP contribution in [0.5, 0.6) is 0 Å². The molecule has 0 spiro atoms. The lowest BCUT2D eigenvalue weighted by Crippen LogP contribution is -2.08. The first kappa shape index (κ1) is 11.9. The molecule has 82 valence electrons. The van der Waals surface area contributed by atoms with Crippen molar-refractivity contribution >= 4 is 17.7 Å². The van der Waals surface area contributed by atoms with E-state index in [-0.39, 0.29) is 17.7 Å². The van der Waals surface area contributed by atoms with E-state index in [4.69, 9.17) is 5.11 Å². The molecule has 0 aliphatic heterocycles. The lowest BCUT2D eigenvalue weighted by molar-refractivity contribution is 0.0585. The molecule has 5 nitrogen and oxygen atoms in total. The van der Waals surface area contributed by atoms with Gasteiger partial charge in [0.2, 0.25) is 5.82 Å². The summed E-state index contributed by atoms with van der Waals surface area (Å²) in [5, 5.41) is 9.54. The van der Waals surface area contributed by atoms with E-state index in [1.54, 1.807) is 6.07 Å². The Morgan fingerprint density at radius 1 is 1.73 bits per heavy atom. The summed E-state index contributed by atoms with van der Waals surface area (Å²) in [6.45, 7) is 1.92. The summed E-state index contributed by atoms with van der Waals surface area (Å²) in [7, 11) is 1.28. The van der Waals surface area contributed by atoms with Gasteiger partial charge in [0.05, 0.1) is 13.7 Å². The second-order valence-electron chi connectivity index (χ2n) is 2.82. The van der Waals surface area contributed by atoms with E-state index in [1.807, 2.05) is 6.92 Å². The van der Waals surface area contributed by atoms with Gasteiger partial charge in [-0.1, -0.05) is 6.92 Å². The van der Waals surface area contributed by atoms with Gasteiger partial charge in [0, 0.05) is 11.4 Å². The average molecular weight is 228 g/mol. The zero-order valence-corrected chi connectivity index (χ0v) is 9.32. The van der Waals surface area contributed by atoms with Crippen LogP contribution in [0.1, 0.15) is 17.5 Å². The fourth-order valence-electron chi connectivity index (χ4n) is 0.841. The van der Waals surface area contributed by atoms with Gasteiger partial charge in [0.15, 0.2) is 0 Å². The van der Waals surface area contributed by atoms with Gasteiger partial charge >= 0.3 is 5.97 Å². The smallest absolute Gasteiger partial charge is 0.376 e.